The Morgan fingerprint density at radius 1 is 1.10 bits per heavy atom. The zero-order valence-corrected chi connectivity index (χ0v) is 13.8. The number of aryl methyl sites for hydroxylation is 3. The zero-order valence-electron chi connectivity index (χ0n) is 12.2. The smallest absolute Gasteiger partial charge is 0.131 e. The van der Waals surface area contributed by atoms with Crippen LogP contribution in [0, 0.1) is 27.7 Å². The van der Waals surface area contributed by atoms with Crippen LogP contribution in [0.15, 0.2) is 22.8 Å². The number of aromatic nitrogens is 1. The summed E-state index contributed by atoms with van der Waals surface area (Å²) in [5, 5.41) is 0. The van der Waals surface area contributed by atoms with E-state index < -0.39 is 0 Å². The van der Waals surface area contributed by atoms with E-state index in [0.717, 1.165) is 43.9 Å². The summed E-state index contributed by atoms with van der Waals surface area (Å²) in [6.07, 6.45) is 1.79. The second-order valence-electron chi connectivity index (χ2n) is 5.09. The second-order valence-corrected chi connectivity index (χ2v) is 5.88. The molecule has 0 spiro atoms. The Morgan fingerprint density at radius 3 is 2.30 bits per heavy atom. The molecule has 1 heterocycles. The quantitative estimate of drug-likeness (QED) is 0.913. The Bertz CT molecular complexity index is 630. The number of pyridine rings is 1. The van der Waals surface area contributed by atoms with Crippen LogP contribution in [0.25, 0.3) is 0 Å². The molecule has 0 saturated heterocycles. The van der Waals surface area contributed by atoms with Gasteiger partial charge >= 0.3 is 0 Å². The van der Waals surface area contributed by atoms with E-state index in [-0.39, 0.29) is 0 Å². The number of hydrogen-bond donors (Lipinski definition) is 1. The third-order valence-electron chi connectivity index (χ3n) is 3.46. The third kappa shape index (κ3) is 2.96. The molecule has 4 heteroatoms. The maximum Gasteiger partial charge on any atom is 0.131 e. The molecule has 0 bridgehead atoms. The van der Waals surface area contributed by atoms with Crippen molar-refractivity contribution in [2.24, 2.45) is 0 Å². The number of anilines is 1. The van der Waals surface area contributed by atoms with Crippen molar-refractivity contribution in [1.29, 1.82) is 0 Å². The van der Waals surface area contributed by atoms with Gasteiger partial charge in [0.05, 0.1) is 5.69 Å². The van der Waals surface area contributed by atoms with Crippen molar-refractivity contribution >= 4 is 21.6 Å². The fraction of sp³-hybridized carbons (Fsp3) is 0.312. The van der Waals surface area contributed by atoms with Crippen LogP contribution in [-0.4, -0.2) is 4.98 Å². The fourth-order valence-corrected chi connectivity index (χ4v) is 2.31. The van der Waals surface area contributed by atoms with E-state index in [1.165, 1.54) is 0 Å². The molecule has 2 N–H and O–H groups in total. The van der Waals surface area contributed by atoms with Gasteiger partial charge in [0.25, 0.3) is 0 Å². The van der Waals surface area contributed by atoms with Crippen molar-refractivity contribution in [3.63, 3.8) is 0 Å². The highest BCUT2D eigenvalue weighted by molar-refractivity contribution is 9.10. The van der Waals surface area contributed by atoms with Crippen LogP contribution in [0.4, 0.5) is 5.69 Å². The van der Waals surface area contributed by atoms with E-state index in [1.54, 1.807) is 6.20 Å². The van der Waals surface area contributed by atoms with Crippen LogP contribution < -0.4 is 10.5 Å². The van der Waals surface area contributed by atoms with Gasteiger partial charge in [0.1, 0.15) is 12.4 Å². The van der Waals surface area contributed by atoms with Crippen molar-refractivity contribution < 1.29 is 4.74 Å². The first-order chi connectivity index (χ1) is 9.40. The summed E-state index contributed by atoms with van der Waals surface area (Å²) in [7, 11) is 0. The molecule has 106 valence electrons. The molecule has 0 aliphatic heterocycles. The summed E-state index contributed by atoms with van der Waals surface area (Å²) < 4.78 is 6.97. The van der Waals surface area contributed by atoms with Gasteiger partial charge in [0.15, 0.2) is 0 Å². The molecule has 0 amide bonds. The van der Waals surface area contributed by atoms with Crippen LogP contribution in [0.2, 0.25) is 0 Å². The summed E-state index contributed by atoms with van der Waals surface area (Å²) in [5.41, 5.74) is 12.0. The van der Waals surface area contributed by atoms with E-state index in [2.05, 4.69) is 34.8 Å². The van der Waals surface area contributed by atoms with Crippen molar-refractivity contribution in [3.05, 3.63) is 50.8 Å². The van der Waals surface area contributed by atoms with Gasteiger partial charge in [-0.15, -0.1) is 0 Å². The normalized spacial score (nSPS) is 10.7. The standard InChI is InChI=1S/C16H19BrN2O/c1-9-5-13(6-10(2)15(9)17)20-8-14-12(4)16(18)11(3)7-19-14/h5-7H,8H2,1-4H3,(H2,18,19). The Kier molecular flexibility index (Phi) is 4.33. The zero-order chi connectivity index (χ0) is 14.9. The lowest BCUT2D eigenvalue weighted by molar-refractivity contribution is 0.300. The number of halogens is 1. The fourth-order valence-electron chi connectivity index (χ4n) is 2.08. The van der Waals surface area contributed by atoms with Crippen LogP contribution in [-0.2, 0) is 6.61 Å². The van der Waals surface area contributed by atoms with Crippen molar-refractivity contribution in [2.45, 2.75) is 34.3 Å². The molecule has 0 aliphatic carbocycles. The molecular weight excluding hydrogens is 316 g/mol. The number of nitrogens with zero attached hydrogens (tertiary/aromatic N) is 1. The first-order valence-electron chi connectivity index (χ1n) is 6.50. The van der Waals surface area contributed by atoms with E-state index in [4.69, 9.17) is 10.5 Å². The molecule has 0 fully saturated rings. The highest BCUT2D eigenvalue weighted by atomic mass is 79.9. The molecule has 0 atom stereocenters. The molecule has 20 heavy (non-hydrogen) atoms. The molecular formula is C16H19BrN2O. The average molecular weight is 335 g/mol. The molecule has 2 aromatic rings. The minimum Gasteiger partial charge on any atom is -0.487 e. The van der Waals surface area contributed by atoms with Gasteiger partial charge in [-0.05, 0) is 62.1 Å². The van der Waals surface area contributed by atoms with Crippen molar-refractivity contribution in [2.75, 3.05) is 5.73 Å². The van der Waals surface area contributed by atoms with Crippen LogP contribution in [0.3, 0.4) is 0 Å². The maximum absolute atomic E-state index is 6.02. The summed E-state index contributed by atoms with van der Waals surface area (Å²) >= 11 is 3.55. The number of nitrogens with two attached hydrogens (primary N) is 1. The first-order valence-corrected chi connectivity index (χ1v) is 7.29. The summed E-state index contributed by atoms with van der Waals surface area (Å²) in [4.78, 5) is 4.40. The molecule has 1 aromatic carbocycles. The minimum atomic E-state index is 0.427. The molecule has 0 aliphatic rings. The molecule has 0 radical (unpaired) electrons. The maximum atomic E-state index is 6.02. The number of nitrogen functional groups attached to an aromatic ring is 1. The summed E-state index contributed by atoms with van der Waals surface area (Å²) in [6.45, 7) is 8.47. The Morgan fingerprint density at radius 2 is 1.70 bits per heavy atom. The van der Waals surface area contributed by atoms with Gasteiger partial charge in [-0.25, -0.2) is 0 Å². The van der Waals surface area contributed by atoms with Gasteiger partial charge in [-0.2, -0.15) is 0 Å². The second kappa shape index (κ2) is 5.83. The van der Waals surface area contributed by atoms with Gasteiger partial charge < -0.3 is 10.5 Å². The molecule has 0 saturated carbocycles. The van der Waals surface area contributed by atoms with Gasteiger partial charge in [0.2, 0.25) is 0 Å². The van der Waals surface area contributed by atoms with E-state index in [1.807, 2.05) is 26.0 Å². The highest BCUT2D eigenvalue weighted by Gasteiger charge is 2.08. The lowest BCUT2D eigenvalue weighted by Crippen LogP contribution is -2.05. The van der Waals surface area contributed by atoms with Gasteiger partial charge in [-0.1, -0.05) is 15.9 Å². The van der Waals surface area contributed by atoms with Gasteiger partial charge in [-0.3, -0.25) is 4.98 Å². The van der Waals surface area contributed by atoms with Crippen molar-refractivity contribution in [1.82, 2.24) is 4.98 Å². The van der Waals surface area contributed by atoms with Gasteiger partial charge in [0, 0.05) is 16.4 Å². The van der Waals surface area contributed by atoms with E-state index in [9.17, 15) is 0 Å². The van der Waals surface area contributed by atoms with Crippen LogP contribution in [0.1, 0.15) is 27.9 Å². The Labute approximate surface area is 128 Å². The van der Waals surface area contributed by atoms with Crippen LogP contribution >= 0.6 is 15.9 Å². The largest absolute Gasteiger partial charge is 0.487 e. The monoisotopic (exact) mass is 334 g/mol. The predicted molar refractivity (Wildman–Crippen MR) is 86.1 cm³/mol. The number of ether oxygens (including phenoxy) is 1. The topological polar surface area (TPSA) is 48.1 Å². The lowest BCUT2D eigenvalue weighted by atomic mass is 10.1. The Balaban J connectivity index is 2.19. The number of benzene rings is 1. The Hall–Kier alpha value is -1.55. The molecule has 2 rings (SSSR count). The lowest BCUT2D eigenvalue weighted by Gasteiger charge is -2.13. The molecule has 3 nitrogen and oxygen atoms in total. The number of hydrogen-bond acceptors (Lipinski definition) is 3. The third-order valence-corrected chi connectivity index (χ3v) is 4.71. The molecule has 0 unspecified atom stereocenters. The first kappa shape index (κ1) is 14.9. The highest BCUT2D eigenvalue weighted by Crippen LogP contribution is 2.27. The SMILES string of the molecule is Cc1cnc(COc2cc(C)c(Br)c(C)c2)c(C)c1N. The summed E-state index contributed by atoms with van der Waals surface area (Å²) in [6, 6.07) is 4.04. The molecule has 1 aromatic heterocycles. The predicted octanol–water partition coefficient (Wildman–Crippen LogP) is 4.24. The summed E-state index contributed by atoms with van der Waals surface area (Å²) in [5.74, 6) is 0.851. The van der Waals surface area contributed by atoms with E-state index in [0.29, 0.717) is 6.61 Å². The minimum absolute atomic E-state index is 0.427. The van der Waals surface area contributed by atoms with E-state index >= 15 is 0 Å². The average Bonchev–Trinajstić information content (AvgIpc) is 2.41. The number of rotatable bonds is 3. The van der Waals surface area contributed by atoms with Crippen LogP contribution in [0.5, 0.6) is 5.75 Å². The van der Waals surface area contributed by atoms with Crippen molar-refractivity contribution in [3.8, 4) is 5.75 Å².